The van der Waals surface area contributed by atoms with E-state index in [2.05, 4.69) is 20.2 Å². The van der Waals surface area contributed by atoms with E-state index in [0.717, 1.165) is 5.39 Å². The molecule has 2 aromatic rings. The van der Waals surface area contributed by atoms with Crippen LogP contribution >= 0.6 is 34.2 Å². The first-order valence-corrected chi connectivity index (χ1v) is 4.25. The van der Waals surface area contributed by atoms with Gasteiger partial charge in [0.15, 0.2) is 9.48 Å². The summed E-state index contributed by atoms with van der Waals surface area (Å²) in [7, 11) is 0. The molecule has 0 radical (unpaired) electrons. The maximum Gasteiger partial charge on any atom is 0.194 e. The number of aromatic amines is 1. The third kappa shape index (κ3) is 1.18. The molecule has 0 saturated heterocycles. The largest absolute Gasteiger partial charge is 0.261 e. The molecule has 0 aliphatic rings. The van der Waals surface area contributed by atoms with E-state index in [1.807, 2.05) is 22.6 Å². The highest BCUT2D eigenvalue weighted by Gasteiger charge is 2.04. The zero-order valence-electron chi connectivity index (χ0n) is 5.17. The molecule has 0 unspecified atom stereocenters. The van der Waals surface area contributed by atoms with Crippen LogP contribution in [0.25, 0.3) is 11.0 Å². The van der Waals surface area contributed by atoms with E-state index < -0.39 is 0 Å². The smallest absolute Gasteiger partial charge is 0.194 e. The Hall–Kier alpha value is -0.430. The van der Waals surface area contributed by atoms with Crippen LogP contribution in [-0.4, -0.2) is 20.2 Å². The van der Waals surface area contributed by atoms with Crippen molar-refractivity contribution in [3.63, 3.8) is 0 Å². The molecule has 11 heavy (non-hydrogen) atoms. The number of H-pyrrole nitrogens is 1. The van der Waals surface area contributed by atoms with Gasteiger partial charge in [-0.25, -0.2) is 9.97 Å². The molecule has 0 spiro atoms. The summed E-state index contributed by atoms with van der Waals surface area (Å²) >= 11 is 7.78. The molecule has 4 nitrogen and oxygen atoms in total. The Bertz CT molecular complexity index is 398. The van der Waals surface area contributed by atoms with Crippen LogP contribution in [0.2, 0.25) is 5.15 Å². The second kappa shape index (κ2) is 2.56. The Kier molecular flexibility index (Phi) is 1.68. The van der Waals surface area contributed by atoms with Crippen molar-refractivity contribution in [2.45, 2.75) is 0 Å². The number of nitrogens with one attached hydrogen (secondary N) is 1. The first-order chi connectivity index (χ1) is 5.27. The fourth-order valence-corrected chi connectivity index (χ4v) is 1.62. The minimum absolute atomic E-state index is 0.438. The standard InChI is InChI=1S/C5H2ClIN4/c6-3-2-1-8-11-4(2)10-5(7)9-3/h1H,(H,8,9,10,11). The van der Waals surface area contributed by atoms with Crippen LogP contribution in [0, 0.1) is 3.83 Å². The van der Waals surface area contributed by atoms with Crippen LogP contribution in [0.3, 0.4) is 0 Å². The quantitative estimate of drug-likeness (QED) is 0.453. The molecule has 0 aliphatic carbocycles. The average Bonchev–Trinajstić information content (AvgIpc) is 2.34. The zero-order chi connectivity index (χ0) is 7.84. The van der Waals surface area contributed by atoms with Gasteiger partial charge in [0.1, 0.15) is 5.15 Å². The normalized spacial score (nSPS) is 10.7. The Labute approximate surface area is 80.5 Å². The van der Waals surface area contributed by atoms with E-state index in [1.165, 1.54) is 0 Å². The van der Waals surface area contributed by atoms with Gasteiger partial charge in [0.2, 0.25) is 0 Å². The summed E-state index contributed by atoms with van der Waals surface area (Å²) < 4.78 is 0.615. The number of hydrogen-bond acceptors (Lipinski definition) is 3. The number of hydrogen-bond donors (Lipinski definition) is 1. The lowest BCUT2D eigenvalue weighted by molar-refractivity contribution is 1.07. The molecule has 0 aliphatic heterocycles. The molecule has 2 aromatic heterocycles. The molecule has 2 heterocycles. The first-order valence-electron chi connectivity index (χ1n) is 2.79. The van der Waals surface area contributed by atoms with E-state index in [9.17, 15) is 0 Å². The zero-order valence-corrected chi connectivity index (χ0v) is 8.09. The number of nitrogens with zero attached hydrogens (tertiary/aromatic N) is 3. The molecule has 1 N–H and O–H groups in total. The highest BCUT2D eigenvalue weighted by atomic mass is 127. The van der Waals surface area contributed by atoms with E-state index in [-0.39, 0.29) is 0 Å². The molecular formula is C5H2ClIN4. The molecule has 0 bridgehead atoms. The molecule has 0 amide bonds. The van der Waals surface area contributed by atoms with Gasteiger partial charge in [-0.1, -0.05) is 11.6 Å². The van der Waals surface area contributed by atoms with Crippen molar-refractivity contribution in [1.29, 1.82) is 0 Å². The highest BCUT2D eigenvalue weighted by Crippen LogP contribution is 2.17. The van der Waals surface area contributed by atoms with Crippen LogP contribution in [0.4, 0.5) is 0 Å². The minimum Gasteiger partial charge on any atom is -0.261 e. The Morgan fingerprint density at radius 1 is 1.45 bits per heavy atom. The van der Waals surface area contributed by atoms with Gasteiger partial charge in [0.25, 0.3) is 0 Å². The number of rotatable bonds is 0. The number of fused-ring (bicyclic) bond motifs is 1. The molecule has 0 saturated carbocycles. The van der Waals surface area contributed by atoms with Crippen molar-refractivity contribution < 1.29 is 0 Å². The SMILES string of the molecule is Clc1nc(I)nc2[nH]ncc12. The summed E-state index contributed by atoms with van der Waals surface area (Å²) in [6, 6.07) is 0. The van der Waals surface area contributed by atoms with E-state index >= 15 is 0 Å². The minimum atomic E-state index is 0.438. The van der Waals surface area contributed by atoms with Gasteiger partial charge >= 0.3 is 0 Å². The van der Waals surface area contributed by atoms with Crippen molar-refractivity contribution in [3.05, 3.63) is 15.2 Å². The number of aromatic nitrogens is 4. The van der Waals surface area contributed by atoms with Crippen molar-refractivity contribution in [2.75, 3.05) is 0 Å². The van der Waals surface area contributed by atoms with Crippen LogP contribution in [0.15, 0.2) is 6.20 Å². The molecule has 2 rings (SSSR count). The van der Waals surface area contributed by atoms with Crippen molar-refractivity contribution in [1.82, 2.24) is 20.2 Å². The fourth-order valence-electron chi connectivity index (χ4n) is 0.774. The predicted molar refractivity (Wildman–Crippen MR) is 49.4 cm³/mol. The second-order valence-corrected chi connectivity index (χ2v) is 3.24. The third-order valence-corrected chi connectivity index (χ3v) is 2.01. The van der Waals surface area contributed by atoms with Gasteiger partial charge in [-0.2, -0.15) is 5.10 Å². The average molecular weight is 280 g/mol. The Morgan fingerprint density at radius 2 is 2.27 bits per heavy atom. The molecule has 0 fully saturated rings. The molecule has 6 heteroatoms. The van der Waals surface area contributed by atoms with Crippen LogP contribution < -0.4 is 0 Å². The Morgan fingerprint density at radius 3 is 3.09 bits per heavy atom. The van der Waals surface area contributed by atoms with Gasteiger partial charge in [-0.3, -0.25) is 5.10 Å². The maximum absolute atomic E-state index is 5.79. The summed E-state index contributed by atoms with van der Waals surface area (Å²) in [6.45, 7) is 0. The Balaban J connectivity index is 2.91. The predicted octanol–water partition coefficient (Wildman–Crippen LogP) is 1.61. The molecule has 0 atom stereocenters. The summed E-state index contributed by atoms with van der Waals surface area (Å²) in [5, 5.41) is 7.69. The van der Waals surface area contributed by atoms with Gasteiger partial charge in [0, 0.05) is 22.6 Å². The lowest BCUT2D eigenvalue weighted by atomic mass is 10.4. The third-order valence-electron chi connectivity index (χ3n) is 1.24. The van der Waals surface area contributed by atoms with Crippen molar-refractivity contribution in [2.24, 2.45) is 0 Å². The second-order valence-electron chi connectivity index (χ2n) is 1.92. The molecule has 56 valence electrons. The van der Waals surface area contributed by atoms with Crippen LogP contribution in [0.5, 0.6) is 0 Å². The summed E-state index contributed by atoms with van der Waals surface area (Å²) in [5.41, 5.74) is 0.675. The van der Waals surface area contributed by atoms with E-state index in [4.69, 9.17) is 11.6 Å². The monoisotopic (exact) mass is 280 g/mol. The lowest BCUT2D eigenvalue weighted by Crippen LogP contribution is -1.87. The van der Waals surface area contributed by atoms with Gasteiger partial charge in [0.05, 0.1) is 11.6 Å². The van der Waals surface area contributed by atoms with Gasteiger partial charge in [-0.15, -0.1) is 0 Å². The van der Waals surface area contributed by atoms with Crippen molar-refractivity contribution >= 4 is 45.2 Å². The van der Waals surface area contributed by atoms with Crippen LogP contribution in [0.1, 0.15) is 0 Å². The fraction of sp³-hybridized carbons (Fsp3) is 0. The van der Waals surface area contributed by atoms with E-state index in [0.29, 0.717) is 14.6 Å². The van der Waals surface area contributed by atoms with Gasteiger partial charge in [-0.05, 0) is 0 Å². The van der Waals surface area contributed by atoms with E-state index in [1.54, 1.807) is 6.20 Å². The molecule has 0 aromatic carbocycles. The summed E-state index contributed by atoms with van der Waals surface area (Å²) in [6.07, 6.45) is 1.60. The first kappa shape index (κ1) is 7.23. The molecular weight excluding hydrogens is 278 g/mol. The lowest BCUT2D eigenvalue weighted by Gasteiger charge is -1.91. The van der Waals surface area contributed by atoms with Crippen molar-refractivity contribution in [3.8, 4) is 0 Å². The summed E-state index contributed by atoms with van der Waals surface area (Å²) in [4.78, 5) is 8.02. The number of halogens is 2. The van der Waals surface area contributed by atoms with Crippen LogP contribution in [-0.2, 0) is 0 Å². The highest BCUT2D eigenvalue weighted by molar-refractivity contribution is 14.1. The van der Waals surface area contributed by atoms with Gasteiger partial charge < -0.3 is 0 Å². The maximum atomic E-state index is 5.79. The topological polar surface area (TPSA) is 54.5 Å². The summed E-state index contributed by atoms with van der Waals surface area (Å²) in [5.74, 6) is 0.